The topological polar surface area (TPSA) is 66.0 Å². The van der Waals surface area contributed by atoms with Crippen LogP contribution in [0.1, 0.15) is 25.5 Å². The lowest BCUT2D eigenvalue weighted by Gasteiger charge is -2.11. The molecule has 0 spiro atoms. The molecule has 0 aliphatic carbocycles. The average molecular weight is 292 g/mol. The van der Waals surface area contributed by atoms with Gasteiger partial charge in [-0.3, -0.25) is 4.57 Å². The number of aryl methyl sites for hydroxylation is 1. The summed E-state index contributed by atoms with van der Waals surface area (Å²) in [6, 6.07) is 8.29. The van der Waals surface area contributed by atoms with Crippen molar-refractivity contribution in [1.82, 2.24) is 14.8 Å². The largest absolute Gasteiger partial charge is 0.493 e. The Labute approximate surface area is 123 Å². The molecule has 108 valence electrons. The zero-order valence-electron chi connectivity index (χ0n) is 12.0. The first-order valence-electron chi connectivity index (χ1n) is 6.60. The number of nitrogen functional groups attached to an aromatic ring is 1. The highest BCUT2D eigenvalue weighted by atomic mass is 32.2. The minimum atomic E-state index is 0.255. The molecule has 2 N–H and O–H groups in total. The zero-order chi connectivity index (χ0) is 14.5. The fraction of sp³-hybridized carbons (Fsp3) is 0.429. The van der Waals surface area contributed by atoms with Crippen LogP contribution in [-0.2, 0) is 0 Å². The van der Waals surface area contributed by atoms with Gasteiger partial charge in [0.1, 0.15) is 5.75 Å². The maximum atomic E-state index is 5.80. The summed E-state index contributed by atoms with van der Waals surface area (Å²) in [6.07, 6.45) is 0. The van der Waals surface area contributed by atoms with Crippen LogP contribution in [0.4, 0.5) is 5.95 Å². The predicted molar refractivity (Wildman–Crippen MR) is 82.2 cm³/mol. The molecule has 0 amide bonds. The van der Waals surface area contributed by atoms with Gasteiger partial charge in [-0.05, 0) is 38.5 Å². The standard InChI is InChI=1S/C14H20N4OS/c1-10(2)18-13(15)16-17-14(18)20-8-7-19-12-6-4-5-11(3)9-12/h4-6,9-10H,7-8H2,1-3H3,(H2,15,16). The highest BCUT2D eigenvalue weighted by Crippen LogP contribution is 2.22. The van der Waals surface area contributed by atoms with E-state index in [0.29, 0.717) is 12.6 Å². The fourth-order valence-corrected chi connectivity index (χ4v) is 2.76. The summed E-state index contributed by atoms with van der Waals surface area (Å²) in [7, 11) is 0. The highest BCUT2D eigenvalue weighted by molar-refractivity contribution is 7.99. The molecule has 1 aromatic heterocycles. The van der Waals surface area contributed by atoms with Crippen LogP contribution < -0.4 is 10.5 Å². The molecular weight excluding hydrogens is 272 g/mol. The molecule has 0 aliphatic heterocycles. The molecule has 0 fully saturated rings. The third-order valence-corrected chi connectivity index (χ3v) is 3.69. The maximum Gasteiger partial charge on any atom is 0.222 e. The Hall–Kier alpha value is -1.69. The van der Waals surface area contributed by atoms with Crippen molar-refractivity contribution in [2.75, 3.05) is 18.1 Å². The summed E-state index contributed by atoms with van der Waals surface area (Å²) >= 11 is 1.60. The van der Waals surface area contributed by atoms with Gasteiger partial charge in [-0.25, -0.2) is 0 Å². The monoisotopic (exact) mass is 292 g/mol. The first kappa shape index (κ1) is 14.7. The summed E-state index contributed by atoms with van der Waals surface area (Å²) in [6.45, 7) is 6.80. The predicted octanol–water partition coefficient (Wildman–Crippen LogP) is 2.92. The van der Waals surface area contributed by atoms with Gasteiger partial charge in [0.25, 0.3) is 0 Å². The van der Waals surface area contributed by atoms with Crippen LogP contribution in [0.3, 0.4) is 0 Å². The lowest BCUT2D eigenvalue weighted by atomic mass is 10.2. The fourth-order valence-electron chi connectivity index (χ4n) is 1.87. The third-order valence-electron chi connectivity index (χ3n) is 2.78. The van der Waals surface area contributed by atoms with Crippen molar-refractivity contribution in [3.05, 3.63) is 29.8 Å². The lowest BCUT2D eigenvalue weighted by molar-refractivity contribution is 0.343. The van der Waals surface area contributed by atoms with E-state index in [9.17, 15) is 0 Å². The van der Waals surface area contributed by atoms with E-state index in [4.69, 9.17) is 10.5 Å². The molecule has 2 rings (SSSR count). The number of nitrogens with two attached hydrogens (primary N) is 1. The highest BCUT2D eigenvalue weighted by Gasteiger charge is 2.12. The van der Waals surface area contributed by atoms with E-state index in [1.165, 1.54) is 5.56 Å². The molecule has 0 unspecified atom stereocenters. The van der Waals surface area contributed by atoms with Crippen molar-refractivity contribution < 1.29 is 4.74 Å². The second-order valence-electron chi connectivity index (χ2n) is 4.82. The number of rotatable bonds is 6. The minimum Gasteiger partial charge on any atom is -0.493 e. The van der Waals surface area contributed by atoms with Crippen LogP contribution in [0.5, 0.6) is 5.75 Å². The van der Waals surface area contributed by atoms with E-state index in [-0.39, 0.29) is 6.04 Å². The number of ether oxygens (including phenoxy) is 1. The molecule has 0 radical (unpaired) electrons. The number of anilines is 1. The first-order valence-corrected chi connectivity index (χ1v) is 7.59. The zero-order valence-corrected chi connectivity index (χ0v) is 12.9. The van der Waals surface area contributed by atoms with Crippen molar-refractivity contribution in [3.8, 4) is 5.75 Å². The Bertz CT molecular complexity index is 568. The summed E-state index contributed by atoms with van der Waals surface area (Å²) in [5, 5.41) is 8.84. The molecule has 0 aliphatic rings. The smallest absolute Gasteiger partial charge is 0.222 e. The minimum absolute atomic E-state index is 0.255. The third kappa shape index (κ3) is 3.66. The molecule has 6 heteroatoms. The van der Waals surface area contributed by atoms with E-state index < -0.39 is 0 Å². The summed E-state index contributed by atoms with van der Waals surface area (Å²) in [4.78, 5) is 0. The Morgan fingerprint density at radius 1 is 1.35 bits per heavy atom. The summed E-state index contributed by atoms with van der Waals surface area (Å²) in [5.41, 5.74) is 7.00. The van der Waals surface area contributed by atoms with Crippen molar-refractivity contribution in [1.29, 1.82) is 0 Å². The molecule has 1 heterocycles. The van der Waals surface area contributed by atoms with Gasteiger partial charge in [0.2, 0.25) is 5.95 Å². The normalized spacial score (nSPS) is 11.0. The molecule has 5 nitrogen and oxygen atoms in total. The Kier molecular flexibility index (Phi) is 4.89. The van der Waals surface area contributed by atoms with Gasteiger partial charge in [0.05, 0.1) is 6.61 Å². The van der Waals surface area contributed by atoms with Crippen LogP contribution in [0.2, 0.25) is 0 Å². The van der Waals surface area contributed by atoms with Gasteiger partial charge in [-0.15, -0.1) is 10.2 Å². The van der Waals surface area contributed by atoms with Crippen molar-refractivity contribution in [3.63, 3.8) is 0 Å². The van der Waals surface area contributed by atoms with Gasteiger partial charge in [-0.1, -0.05) is 23.9 Å². The number of thioether (sulfide) groups is 1. The maximum absolute atomic E-state index is 5.80. The van der Waals surface area contributed by atoms with Gasteiger partial charge < -0.3 is 10.5 Å². The number of nitrogens with zero attached hydrogens (tertiary/aromatic N) is 3. The Balaban J connectivity index is 1.85. The number of benzene rings is 1. The van der Waals surface area contributed by atoms with E-state index in [2.05, 4.69) is 37.0 Å². The van der Waals surface area contributed by atoms with Gasteiger partial charge in [-0.2, -0.15) is 0 Å². The van der Waals surface area contributed by atoms with Crippen molar-refractivity contribution in [2.45, 2.75) is 32.0 Å². The SMILES string of the molecule is Cc1cccc(OCCSc2nnc(N)n2C(C)C)c1. The van der Waals surface area contributed by atoms with Crippen LogP contribution in [0.25, 0.3) is 0 Å². The second kappa shape index (κ2) is 6.65. The Morgan fingerprint density at radius 2 is 2.15 bits per heavy atom. The molecular formula is C14H20N4OS. The van der Waals surface area contributed by atoms with E-state index in [1.54, 1.807) is 11.8 Å². The lowest BCUT2D eigenvalue weighted by Crippen LogP contribution is -2.08. The van der Waals surface area contributed by atoms with Crippen molar-refractivity contribution in [2.24, 2.45) is 0 Å². The number of hydrogen-bond acceptors (Lipinski definition) is 5. The molecule has 2 aromatic rings. The average Bonchev–Trinajstić information content (AvgIpc) is 2.76. The van der Waals surface area contributed by atoms with Crippen LogP contribution in [0, 0.1) is 6.92 Å². The van der Waals surface area contributed by atoms with E-state index >= 15 is 0 Å². The van der Waals surface area contributed by atoms with Gasteiger partial charge >= 0.3 is 0 Å². The molecule has 0 saturated heterocycles. The van der Waals surface area contributed by atoms with Gasteiger partial charge in [0.15, 0.2) is 5.16 Å². The molecule has 1 aromatic carbocycles. The second-order valence-corrected chi connectivity index (χ2v) is 5.88. The van der Waals surface area contributed by atoms with E-state index in [0.717, 1.165) is 16.7 Å². The quantitative estimate of drug-likeness (QED) is 0.655. The number of aromatic nitrogens is 3. The van der Waals surface area contributed by atoms with E-state index in [1.807, 2.05) is 22.8 Å². The van der Waals surface area contributed by atoms with Crippen molar-refractivity contribution >= 4 is 17.7 Å². The number of hydrogen-bond donors (Lipinski definition) is 1. The molecule has 0 atom stereocenters. The molecule has 20 heavy (non-hydrogen) atoms. The van der Waals surface area contributed by atoms with Crippen LogP contribution in [-0.4, -0.2) is 27.1 Å². The first-order chi connectivity index (χ1) is 9.58. The Morgan fingerprint density at radius 3 is 2.85 bits per heavy atom. The van der Waals surface area contributed by atoms with Crippen LogP contribution in [0.15, 0.2) is 29.4 Å². The molecule has 0 saturated carbocycles. The molecule has 0 bridgehead atoms. The summed E-state index contributed by atoms with van der Waals surface area (Å²) in [5.74, 6) is 2.16. The van der Waals surface area contributed by atoms with Gasteiger partial charge in [0, 0.05) is 11.8 Å². The summed E-state index contributed by atoms with van der Waals surface area (Å²) < 4.78 is 7.63. The van der Waals surface area contributed by atoms with Crippen LogP contribution >= 0.6 is 11.8 Å².